The second-order valence-corrected chi connectivity index (χ2v) is 7.35. The minimum atomic E-state index is 0. The highest BCUT2D eigenvalue weighted by Crippen LogP contribution is 2.06. The van der Waals surface area contributed by atoms with Gasteiger partial charge in [-0.2, -0.15) is 0 Å². The molecule has 0 radical (unpaired) electrons. The van der Waals surface area contributed by atoms with Gasteiger partial charge in [-0.3, -0.25) is 14.7 Å². The van der Waals surface area contributed by atoms with Crippen LogP contribution in [-0.2, 0) is 4.79 Å². The van der Waals surface area contributed by atoms with Crippen molar-refractivity contribution in [2.75, 3.05) is 46.3 Å². The fourth-order valence-electron chi connectivity index (χ4n) is 2.90. The summed E-state index contributed by atoms with van der Waals surface area (Å²) in [6.45, 7) is 13.6. The van der Waals surface area contributed by atoms with E-state index in [-0.39, 0.29) is 35.9 Å². The van der Waals surface area contributed by atoms with Gasteiger partial charge in [0.1, 0.15) is 0 Å². The van der Waals surface area contributed by atoms with Crippen molar-refractivity contribution in [1.29, 1.82) is 0 Å². The van der Waals surface area contributed by atoms with Crippen molar-refractivity contribution in [3.63, 3.8) is 0 Å². The molecule has 1 aliphatic heterocycles. The molecule has 1 aliphatic rings. The molecule has 0 unspecified atom stereocenters. The van der Waals surface area contributed by atoms with Gasteiger partial charge >= 0.3 is 0 Å². The van der Waals surface area contributed by atoms with Crippen LogP contribution < -0.4 is 10.6 Å². The maximum absolute atomic E-state index is 11.8. The minimum absolute atomic E-state index is 0. The second kappa shape index (κ2) is 13.6. The lowest BCUT2D eigenvalue weighted by Crippen LogP contribution is -2.54. The van der Waals surface area contributed by atoms with E-state index in [4.69, 9.17) is 0 Å². The lowest BCUT2D eigenvalue weighted by atomic mass is 10.1. The third kappa shape index (κ3) is 10.9. The normalized spacial score (nSPS) is 16.1. The lowest BCUT2D eigenvalue weighted by Gasteiger charge is -2.36. The summed E-state index contributed by atoms with van der Waals surface area (Å²) in [6, 6.07) is 0.206. The molecular weight excluding hydrogens is 429 g/mol. The van der Waals surface area contributed by atoms with E-state index < -0.39 is 0 Å². The highest BCUT2D eigenvalue weighted by molar-refractivity contribution is 14.0. The molecule has 25 heavy (non-hydrogen) atoms. The van der Waals surface area contributed by atoms with Crippen molar-refractivity contribution in [3.05, 3.63) is 0 Å². The van der Waals surface area contributed by atoms with Crippen LogP contribution in [0, 0.1) is 5.92 Å². The number of unbranched alkanes of at least 4 members (excludes halogenated alkanes) is 1. The highest BCUT2D eigenvalue weighted by Gasteiger charge is 2.21. The van der Waals surface area contributed by atoms with Crippen LogP contribution in [0.1, 0.15) is 47.0 Å². The van der Waals surface area contributed by atoms with Gasteiger partial charge in [-0.25, -0.2) is 0 Å². The molecular formula is C18H38IN5O. The van der Waals surface area contributed by atoms with E-state index in [1.54, 1.807) is 0 Å². The van der Waals surface area contributed by atoms with Gasteiger partial charge < -0.3 is 15.5 Å². The summed E-state index contributed by atoms with van der Waals surface area (Å²) in [5.41, 5.74) is 0. The topological polar surface area (TPSA) is 60.0 Å². The van der Waals surface area contributed by atoms with E-state index in [1.165, 1.54) is 19.3 Å². The third-order valence-corrected chi connectivity index (χ3v) is 4.19. The molecule has 1 saturated heterocycles. The number of aliphatic imine (C=N–C) groups is 1. The number of guanidine groups is 1. The summed E-state index contributed by atoms with van der Waals surface area (Å²) >= 11 is 0. The van der Waals surface area contributed by atoms with Crippen LogP contribution in [0.3, 0.4) is 0 Å². The van der Waals surface area contributed by atoms with Crippen LogP contribution in [0.25, 0.3) is 0 Å². The number of carbonyl (C=O) groups excluding carboxylic acids is 1. The van der Waals surface area contributed by atoms with E-state index in [2.05, 4.69) is 39.3 Å². The Kier molecular flexibility index (Phi) is 13.3. The Bertz CT molecular complexity index is 393. The van der Waals surface area contributed by atoms with Gasteiger partial charge in [-0.05, 0) is 26.2 Å². The lowest BCUT2D eigenvalue weighted by molar-refractivity contribution is -0.123. The van der Waals surface area contributed by atoms with E-state index >= 15 is 0 Å². The zero-order valence-electron chi connectivity index (χ0n) is 16.7. The first kappa shape index (κ1) is 24.4. The van der Waals surface area contributed by atoms with Gasteiger partial charge in [-0.15, -0.1) is 24.0 Å². The van der Waals surface area contributed by atoms with Gasteiger partial charge in [0.05, 0.1) is 6.54 Å². The zero-order chi connectivity index (χ0) is 17.9. The number of nitrogens with one attached hydrogen (secondary N) is 2. The Hall–Kier alpha value is -0.570. The van der Waals surface area contributed by atoms with Crippen molar-refractivity contribution < 1.29 is 4.79 Å². The quantitative estimate of drug-likeness (QED) is 0.249. The number of hydrogen-bond donors (Lipinski definition) is 2. The number of piperazine rings is 1. The summed E-state index contributed by atoms with van der Waals surface area (Å²) in [7, 11) is 1.85. The Morgan fingerprint density at radius 2 is 1.72 bits per heavy atom. The predicted molar refractivity (Wildman–Crippen MR) is 117 cm³/mol. The molecule has 7 heteroatoms. The van der Waals surface area contributed by atoms with Crippen LogP contribution in [0.15, 0.2) is 4.99 Å². The monoisotopic (exact) mass is 467 g/mol. The second-order valence-electron chi connectivity index (χ2n) is 7.35. The molecule has 0 saturated carbocycles. The summed E-state index contributed by atoms with van der Waals surface area (Å²) in [5, 5.41) is 6.43. The van der Waals surface area contributed by atoms with Gasteiger partial charge in [-0.1, -0.05) is 26.7 Å². The van der Waals surface area contributed by atoms with Crippen molar-refractivity contribution in [2.24, 2.45) is 10.9 Å². The van der Waals surface area contributed by atoms with Crippen molar-refractivity contribution in [1.82, 2.24) is 20.4 Å². The average molecular weight is 467 g/mol. The molecule has 148 valence electrons. The van der Waals surface area contributed by atoms with Gasteiger partial charge in [0, 0.05) is 45.8 Å². The van der Waals surface area contributed by atoms with Crippen molar-refractivity contribution in [2.45, 2.75) is 53.0 Å². The Morgan fingerprint density at radius 1 is 1.08 bits per heavy atom. The molecule has 6 nitrogen and oxygen atoms in total. The average Bonchev–Trinajstić information content (AvgIpc) is 2.51. The molecule has 0 spiro atoms. The molecule has 0 aromatic heterocycles. The Labute approximate surface area is 171 Å². The largest absolute Gasteiger partial charge is 0.356 e. The maximum atomic E-state index is 11.8. The first-order valence-electron chi connectivity index (χ1n) is 9.39. The molecule has 1 heterocycles. The first-order chi connectivity index (χ1) is 11.4. The summed E-state index contributed by atoms with van der Waals surface area (Å²) in [5.74, 6) is 1.89. The number of halogens is 1. The van der Waals surface area contributed by atoms with Crippen LogP contribution in [0.5, 0.6) is 0 Å². The van der Waals surface area contributed by atoms with E-state index in [9.17, 15) is 4.79 Å². The predicted octanol–water partition coefficient (Wildman–Crippen LogP) is 2.15. The molecule has 0 aromatic rings. The molecule has 1 rings (SSSR count). The van der Waals surface area contributed by atoms with E-state index in [1.807, 2.05) is 20.9 Å². The molecule has 0 atom stereocenters. The minimum Gasteiger partial charge on any atom is -0.356 e. The van der Waals surface area contributed by atoms with Crippen LogP contribution in [0.2, 0.25) is 0 Å². The van der Waals surface area contributed by atoms with Gasteiger partial charge in [0.15, 0.2) is 5.96 Å². The summed E-state index contributed by atoms with van der Waals surface area (Å²) in [4.78, 5) is 20.7. The molecule has 0 bridgehead atoms. The summed E-state index contributed by atoms with van der Waals surface area (Å²) in [6.07, 6.45) is 3.74. The zero-order valence-corrected chi connectivity index (χ0v) is 19.0. The fourth-order valence-corrected chi connectivity index (χ4v) is 2.90. The van der Waals surface area contributed by atoms with E-state index in [0.717, 1.165) is 44.6 Å². The number of rotatable bonds is 8. The standard InChI is InChI=1S/C18H37N5O.HI/c1-15(2)8-6-7-9-20-18(19-5)23-12-10-22(11-13-23)14-17(24)21-16(3)4;/h15-16H,6-14H2,1-5H3,(H,19,20)(H,21,24);1H. The van der Waals surface area contributed by atoms with Gasteiger partial charge in [0.2, 0.25) is 5.91 Å². The van der Waals surface area contributed by atoms with E-state index in [0.29, 0.717) is 6.54 Å². The maximum Gasteiger partial charge on any atom is 0.234 e. The van der Waals surface area contributed by atoms with Crippen LogP contribution in [0.4, 0.5) is 0 Å². The van der Waals surface area contributed by atoms with Gasteiger partial charge in [0.25, 0.3) is 0 Å². The Balaban J connectivity index is 0.00000576. The van der Waals surface area contributed by atoms with Crippen molar-refractivity contribution >= 4 is 35.8 Å². The van der Waals surface area contributed by atoms with Crippen LogP contribution >= 0.6 is 24.0 Å². The smallest absolute Gasteiger partial charge is 0.234 e. The van der Waals surface area contributed by atoms with Crippen LogP contribution in [-0.4, -0.2) is 74.0 Å². The molecule has 0 aliphatic carbocycles. The van der Waals surface area contributed by atoms with Crippen molar-refractivity contribution in [3.8, 4) is 0 Å². The number of carbonyl (C=O) groups is 1. The Morgan fingerprint density at radius 3 is 2.24 bits per heavy atom. The fraction of sp³-hybridized carbons (Fsp3) is 0.889. The highest BCUT2D eigenvalue weighted by atomic mass is 127. The molecule has 1 amide bonds. The number of amides is 1. The molecule has 1 fully saturated rings. The number of hydrogen-bond acceptors (Lipinski definition) is 3. The summed E-state index contributed by atoms with van der Waals surface area (Å²) < 4.78 is 0. The SMILES string of the molecule is CN=C(NCCCCC(C)C)N1CCN(CC(=O)NC(C)C)CC1.I. The molecule has 2 N–H and O–H groups in total. The third-order valence-electron chi connectivity index (χ3n) is 4.19. The molecule has 0 aromatic carbocycles. The number of nitrogens with zero attached hydrogens (tertiary/aromatic N) is 3. The first-order valence-corrected chi connectivity index (χ1v) is 9.39.